The van der Waals surface area contributed by atoms with Crippen LogP contribution in [0.1, 0.15) is 77.1 Å². The van der Waals surface area contributed by atoms with Gasteiger partial charge in [-0.2, -0.15) is 18.4 Å². The molecule has 3 N–H and O–H groups in total. The van der Waals surface area contributed by atoms with Crippen LogP contribution in [0.2, 0.25) is 0 Å². The van der Waals surface area contributed by atoms with Crippen LogP contribution < -0.4 is 30.5 Å². The number of rotatable bonds is 13. The molecule has 3 aliphatic rings. The molecule has 2 saturated heterocycles. The molecule has 0 bridgehead atoms. The summed E-state index contributed by atoms with van der Waals surface area (Å²) in [5.74, 6) is -5.93. The molecule has 2 fully saturated rings. The number of carbonyl (C=O) groups excluding carboxylic acids is 7. The lowest BCUT2D eigenvalue weighted by atomic mass is 10.0. The van der Waals surface area contributed by atoms with Crippen LogP contribution in [0.15, 0.2) is 48.7 Å². The van der Waals surface area contributed by atoms with E-state index in [1.54, 1.807) is 12.1 Å². The fourth-order valence-electron chi connectivity index (χ4n) is 6.91. The first kappa shape index (κ1) is 42.8. The number of nitriles is 1. The Morgan fingerprint density at radius 1 is 1.02 bits per heavy atom. The number of ether oxygens (including phenoxy) is 1. The normalized spacial score (nSPS) is 17.4. The number of hydrogen-bond donors (Lipinski definition) is 3. The van der Waals surface area contributed by atoms with Crippen LogP contribution in [0.25, 0.3) is 0 Å². The highest BCUT2D eigenvalue weighted by Crippen LogP contribution is 2.42. The molecule has 3 aromatic rings. The standard InChI is InChI=1S/C39H34F4N8O8S/c1-38(2)36(58)50(26-11-6-20(17-44)31(32(26)40)39(41,42)43)37(60)51(38)22-8-7-21(47-18-22)4-3-5-28(52)45-14-15-46-30(54)19-59-23-9-10-24-25(16-23)35(57)49(34(24)56)27-12-13-29(53)48-33(27)55/h6-11,16,18,27H,3-5,12-15,19H2,1-2H3,(H,45,52)(H,46,54)(H,48,53,55). The summed E-state index contributed by atoms with van der Waals surface area (Å²) in [4.78, 5) is 95.0. The minimum Gasteiger partial charge on any atom is -0.484 e. The number of fused-ring (bicyclic) bond motifs is 1. The number of alkyl halides is 3. The molecule has 21 heteroatoms. The number of hydrogen-bond acceptors (Lipinski definition) is 11. The Morgan fingerprint density at radius 2 is 1.72 bits per heavy atom. The van der Waals surface area contributed by atoms with Crippen LogP contribution in [0.4, 0.5) is 28.9 Å². The number of amides is 7. The van der Waals surface area contributed by atoms with Gasteiger partial charge in [0.05, 0.1) is 40.3 Å². The number of nitrogens with zero attached hydrogens (tertiary/aromatic N) is 5. The molecular formula is C39H34F4N8O8S. The number of pyridine rings is 1. The lowest BCUT2D eigenvalue weighted by molar-refractivity contribution is -0.140. The molecule has 1 aromatic heterocycles. The molecule has 60 heavy (non-hydrogen) atoms. The summed E-state index contributed by atoms with van der Waals surface area (Å²) in [5.41, 5.74) is -4.02. The highest BCUT2D eigenvalue weighted by Gasteiger charge is 2.52. The second kappa shape index (κ2) is 16.8. The summed E-state index contributed by atoms with van der Waals surface area (Å²) in [6.07, 6.45) is -2.95. The van der Waals surface area contributed by atoms with E-state index in [1.165, 1.54) is 49.2 Å². The molecule has 16 nitrogen and oxygen atoms in total. The van der Waals surface area contributed by atoms with E-state index in [4.69, 9.17) is 22.2 Å². The predicted octanol–water partition coefficient (Wildman–Crippen LogP) is 3.06. The van der Waals surface area contributed by atoms with Crippen molar-refractivity contribution in [3.05, 3.63) is 82.4 Å². The number of nitrogens with one attached hydrogen (secondary N) is 3. The van der Waals surface area contributed by atoms with Crippen molar-refractivity contribution in [1.82, 2.24) is 25.8 Å². The Bertz CT molecular complexity index is 2380. The SMILES string of the molecule is CC1(C)C(=O)N(c2ccc(C#N)c(C(F)(F)F)c2F)C(=S)N1c1ccc(CCCC(=O)NCCNC(=O)COc2ccc3c(c2)C(=O)N(C2CCC(=O)NC2=O)C3=O)nc1. The summed E-state index contributed by atoms with van der Waals surface area (Å²) in [6.45, 7) is 2.67. The van der Waals surface area contributed by atoms with E-state index in [9.17, 15) is 46.7 Å². The first-order valence-corrected chi connectivity index (χ1v) is 18.7. The summed E-state index contributed by atoms with van der Waals surface area (Å²) in [6, 6.07) is 9.12. The van der Waals surface area contributed by atoms with Gasteiger partial charge in [0.25, 0.3) is 23.6 Å². The number of thiocarbonyl (C=S) groups is 1. The first-order valence-electron chi connectivity index (χ1n) is 18.3. The zero-order valence-electron chi connectivity index (χ0n) is 31.8. The average molecular weight is 851 g/mol. The Hall–Kier alpha value is -6.82. The summed E-state index contributed by atoms with van der Waals surface area (Å²) in [7, 11) is 0. The van der Waals surface area contributed by atoms with Crippen LogP contribution in [0.5, 0.6) is 5.75 Å². The fourth-order valence-corrected chi connectivity index (χ4v) is 7.42. The van der Waals surface area contributed by atoms with E-state index in [0.717, 1.165) is 17.0 Å². The maximum atomic E-state index is 15.3. The van der Waals surface area contributed by atoms with Crippen molar-refractivity contribution in [2.75, 3.05) is 29.5 Å². The number of imide groups is 2. The maximum Gasteiger partial charge on any atom is 0.420 e. The highest BCUT2D eigenvalue weighted by atomic mass is 32.1. The van der Waals surface area contributed by atoms with Crippen LogP contribution in [0, 0.1) is 17.1 Å². The van der Waals surface area contributed by atoms with Crippen LogP contribution in [-0.4, -0.2) is 87.6 Å². The maximum absolute atomic E-state index is 15.3. The van der Waals surface area contributed by atoms with Crippen molar-refractivity contribution >= 4 is 70.1 Å². The van der Waals surface area contributed by atoms with Gasteiger partial charge in [-0.25, -0.2) is 4.39 Å². The zero-order chi connectivity index (χ0) is 43.7. The van der Waals surface area contributed by atoms with Crippen molar-refractivity contribution in [3.8, 4) is 11.8 Å². The van der Waals surface area contributed by atoms with Crippen LogP contribution in [0.3, 0.4) is 0 Å². The smallest absolute Gasteiger partial charge is 0.420 e. The van der Waals surface area contributed by atoms with Crippen molar-refractivity contribution < 1.29 is 55.9 Å². The Morgan fingerprint density at radius 3 is 2.37 bits per heavy atom. The minimum atomic E-state index is -5.21. The molecule has 1 unspecified atom stereocenters. The molecule has 312 valence electrons. The number of benzene rings is 2. The molecule has 3 aliphatic heterocycles. The van der Waals surface area contributed by atoms with Gasteiger partial charge in [-0.15, -0.1) is 0 Å². The molecule has 1 atom stereocenters. The van der Waals surface area contributed by atoms with Crippen LogP contribution >= 0.6 is 12.2 Å². The van der Waals surface area contributed by atoms with Gasteiger partial charge in [0, 0.05) is 31.6 Å². The predicted molar refractivity (Wildman–Crippen MR) is 205 cm³/mol. The van der Waals surface area contributed by atoms with E-state index in [0.29, 0.717) is 29.1 Å². The quantitative estimate of drug-likeness (QED) is 0.0981. The number of aryl methyl sites for hydroxylation is 1. The molecule has 0 spiro atoms. The molecule has 0 saturated carbocycles. The largest absolute Gasteiger partial charge is 0.484 e. The molecule has 6 rings (SSSR count). The Labute approximate surface area is 343 Å². The highest BCUT2D eigenvalue weighted by molar-refractivity contribution is 7.81. The van der Waals surface area contributed by atoms with Gasteiger partial charge >= 0.3 is 6.18 Å². The molecule has 2 aromatic carbocycles. The van der Waals surface area contributed by atoms with Gasteiger partial charge < -0.3 is 20.3 Å². The zero-order valence-corrected chi connectivity index (χ0v) is 32.6. The molecule has 4 heterocycles. The first-order chi connectivity index (χ1) is 28.3. The fraction of sp³-hybridized carbons (Fsp3) is 0.333. The van der Waals surface area contributed by atoms with Crippen molar-refractivity contribution in [2.45, 2.75) is 63.7 Å². The van der Waals surface area contributed by atoms with Crippen molar-refractivity contribution in [3.63, 3.8) is 0 Å². The summed E-state index contributed by atoms with van der Waals surface area (Å²) in [5, 5.41) is 16.2. The second-order valence-electron chi connectivity index (χ2n) is 14.3. The van der Waals surface area contributed by atoms with Gasteiger partial charge in [-0.1, -0.05) is 0 Å². The second-order valence-corrected chi connectivity index (χ2v) is 14.6. The van der Waals surface area contributed by atoms with E-state index in [1.807, 2.05) is 0 Å². The van der Waals surface area contributed by atoms with E-state index in [2.05, 4.69) is 20.9 Å². The van der Waals surface area contributed by atoms with Crippen molar-refractivity contribution in [1.29, 1.82) is 5.26 Å². The topological polar surface area (TPSA) is 211 Å². The molecule has 7 amide bonds. The molecular weight excluding hydrogens is 817 g/mol. The van der Waals surface area contributed by atoms with Gasteiger partial charge in [-0.3, -0.25) is 53.7 Å². The third-order valence-corrected chi connectivity index (χ3v) is 10.3. The van der Waals surface area contributed by atoms with E-state index >= 15 is 4.39 Å². The molecule has 0 aliphatic carbocycles. The Kier molecular flexibility index (Phi) is 12.0. The lowest BCUT2D eigenvalue weighted by Gasteiger charge is -2.29. The van der Waals surface area contributed by atoms with Gasteiger partial charge in [0.15, 0.2) is 17.5 Å². The monoisotopic (exact) mass is 850 g/mol. The van der Waals surface area contributed by atoms with Gasteiger partial charge in [-0.05, 0) is 87.8 Å². The number of piperidine rings is 1. The summed E-state index contributed by atoms with van der Waals surface area (Å²) < 4.78 is 61.8. The van der Waals surface area contributed by atoms with Crippen molar-refractivity contribution in [2.24, 2.45) is 0 Å². The number of anilines is 2. The third-order valence-electron chi connectivity index (χ3n) is 9.89. The third kappa shape index (κ3) is 8.36. The van der Waals surface area contributed by atoms with E-state index in [-0.39, 0.29) is 60.2 Å². The minimum absolute atomic E-state index is 0.00482. The average Bonchev–Trinajstić information content (AvgIpc) is 3.54. The van der Waals surface area contributed by atoms with E-state index < -0.39 is 82.4 Å². The number of aromatic nitrogens is 1. The van der Waals surface area contributed by atoms with Gasteiger partial charge in [0.1, 0.15) is 22.9 Å². The van der Waals surface area contributed by atoms with Gasteiger partial charge in [0.2, 0.25) is 17.7 Å². The van der Waals surface area contributed by atoms with Crippen LogP contribution in [-0.2, 0) is 36.6 Å². The molecule has 0 radical (unpaired) electrons. The summed E-state index contributed by atoms with van der Waals surface area (Å²) >= 11 is 5.46. The lowest BCUT2D eigenvalue weighted by Crippen LogP contribution is -2.54. The number of halogens is 4. The Balaban J connectivity index is 0.930. The number of carbonyl (C=O) groups is 7.